The predicted octanol–water partition coefficient (Wildman–Crippen LogP) is 0.202. The molecular formula is C15H14N2O6S2. The second kappa shape index (κ2) is 6.89. The summed E-state index contributed by atoms with van der Waals surface area (Å²) in [6.07, 6.45) is 0.161. The predicted molar refractivity (Wildman–Crippen MR) is 89.7 cm³/mol. The van der Waals surface area contributed by atoms with Gasteiger partial charge in [0.15, 0.2) is 0 Å². The zero-order chi connectivity index (χ0) is 18.1. The van der Waals surface area contributed by atoms with Crippen LogP contribution in [0.2, 0.25) is 0 Å². The van der Waals surface area contributed by atoms with Crippen LogP contribution in [0.3, 0.4) is 0 Å². The number of methoxy groups -OCH3 is 1. The zero-order valence-electron chi connectivity index (χ0n) is 13.1. The van der Waals surface area contributed by atoms with Crippen LogP contribution in [-0.4, -0.2) is 58.0 Å². The van der Waals surface area contributed by atoms with Crippen LogP contribution in [0.4, 0.5) is 0 Å². The fraction of sp³-hybridized carbons (Fsp3) is 0.333. The third kappa shape index (κ3) is 3.14. The molecule has 0 spiro atoms. The molecule has 132 valence electrons. The highest BCUT2D eigenvalue weighted by Gasteiger charge is 2.55. The molecule has 2 amide bonds. The molecule has 1 aromatic rings. The summed E-state index contributed by atoms with van der Waals surface area (Å²) in [6.45, 7) is 0. The lowest BCUT2D eigenvalue weighted by atomic mass is 10.0. The highest BCUT2D eigenvalue weighted by molar-refractivity contribution is 8.00. The van der Waals surface area contributed by atoms with Crippen molar-refractivity contribution in [1.29, 1.82) is 0 Å². The Hall–Kier alpha value is -2.33. The number of aliphatic carboxylic acids is 1. The van der Waals surface area contributed by atoms with Crippen molar-refractivity contribution in [3.05, 3.63) is 33.7 Å². The number of amides is 2. The van der Waals surface area contributed by atoms with E-state index in [2.05, 4.69) is 10.1 Å². The van der Waals surface area contributed by atoms with Gasteiger partial charge in [0.05, 0.1) is 19.1 Å². The molecule has 1 unspecified atom stereocenters. The standard InChI is InChI=1S/C15H14N2O6S2/c1-23-15(22)8-6-25-13-10(12(19)17(13)11(8)14(20)21)16-9(18)5-7-3-2-4-24-7/h2-4,10,13H,5-6H2,1H3,(H,16,18)(H,20,21)/t10?,13-/m1/s1. The number of β-lactam (4-membered cyclic amide) rings is 1. The first kappa shape index (κ1) is 17.5. The number of rotatable bonds is 5. The van der Waals surface area contributed by atoms with Crippen molar-refractivity contribution in [2.45, 2.75) is 17.8 Å². The summed E-state index contributed by atoms with van der Waals surface area (Å²) in [5.41, 5.74) is -0.433. The summed E-state index contributed by atoms with van der Waals surface area (Å²) >= 11 is 2.66. The molecule has 0 saturated carbocycles. The van der Waals surface area contributed by atoms with E-state index in [9.17, 15) is 24.3 Å². The summed E-state index contributed by atoms with van der Waals surface area (Å²) in [5, 5.41) is 13.3. The van der Waals surface area contributed by atoms with Gasteiger partial charge in [-0.2, -0.15) is 0 Å². The van der Waals surface area contributed by atoms with Crippen LogP contribution in [0, 0.1) is 0 Å². The van der Waals surface area contributed by atoms with E-state index in [1.165, 1.54) is 23.1 Å². The number of thioether (sulfide) groups is 1. The molecule has 1 saturated heterocycles. The van der Waals surface area contributed by atoms with Gasteiger partial charge in [-0.25, -0.2) is 9.59 Å². The average Bonchev–Trinajstić information content (AvgIpc) is 3.10. The van der Waals surface area contributed by atoms with E-state index in [1.807, 2.05) is 17.5 Å². The number of nitrogens with zero attached hydrogens (tertiary/aromatic N) is 1. The number of hydrogen-bond acceptors (Lipinski definition) is 7. The Kier molecular flexibility index (Phi) is 4.82. The monoisotopic (exact) mass is 382 g/mol. The molecule has 1 fully saturated rings. The first-order valence-corrected chi connectivity index (χ1v) is 9.18. The molecule has 2 aliphatic rings. The van der Waals surface area contributed by atoms with Gasteiger partial charge in [0.1, 0.15) is 17.1 Å². The molecule has 0 bridgehead atoms. The van der Waals surface area contributed by atoms with E-state index in [0.29, 0.717) is 0 Å². The van der Waals surface area contributed by atoms with Crippen LogP contribution in [0.15, 0.2) is 28.8 Å². The molecular weight excluding hydrogens is 368 g/mol. The normalized spacial score (nSPS) is 22.1. The molecule has 3 heterocycles. The number of carbonyl (C=O) groups excluding carboxylic acids is 3. The van der Waals surface area contributed by atoms with E-state index in [-0.39, 0.29) is 29.4 Å². The van der Waals surface area contributed by atoms with Gasteiger partial charge in [0, 0.05) is 10.6 Å². The first-order chi connectivity index (χ1) is 11.9. The fourth-order valence-electron chi connectivity index (χ4n) is 2.69. The fourth-order valence-corrected chi connectivity index (χ4v) is 4.73. The third-order valence-corrected chi connectivity index (χ3v) is 5.99. The lowest BCUT2D eigenvalue weighted by Gasteiger charge is -2.49. The van der Waals surface area contributed by atoms with Crippen LogP contribution >= 0.6 is 23.1 Å². The summed E-state index contributed by atoms with van der Waals surface area (Å²) in [6, 6.07) is 2.85. The van der Waals surface area contributed by atoms with E-state index in [4.69, 9.17) is 0 Å². The number of carboxylic acid groups (broad SMARTS) is 1. The summed E-state index contributed by atoms with van der Waals surface area (Å²) in [7, 11) is 1.15. The Bertz CT molecular complexity index is 773. The highest BCUT2D eigenvalue weighted by atomic mass is 32.2. The minimum atomic E-state index is -1.37. The number of ether oxygens (including phenoxy) is 1. The second-order valence-corrected chi connectivity index (χ2v) is 7.47. The Balaban J connectivity index is 1.74. The van der Waals surface area contributed by atoms with Crippen LogP contribution in [0.1, 0.15) is 4.88 Å². The Labute approximate surface area is 150 Å². The number of fused-ring (bicyclic) bond motifs is 1. The van der Waals surface area contributed by atoms with Gasteiger partial charge < -0.3 is 15.2 Å². The van der Waals surface area contributed by atoms with Crippen LogP contribution in [0.5, 0.6) is 0 Å². The quantitative estimate of drug-likeness (QED) is 0.553. The number of hydrogen-bond donors (Lipinski definition) is 2. The molecule has 0 radical (unpaired) electrons. The summed E-state index contributed by atoms with van der Waals surface area (Å²) in [4.78, 5) is 49.6. The topological polar surface area (TPSA) is 113 Å². The summed E-state index contributed by atoms with van der Waals surface area (Å²) in [5.74, 6) is -2.90. The van der Waals surface area contributed by atoms with Crippen molar-refractivity contribution < 1.29 is 29.0 Å². The van der Waals surface area contributed by atoms with Crippen LogP contribution in [0.25, 0.3) is 0 Å². The minimum absolute atomic E-state index is 0.0621. The molecule has 2 N–H and O–H groups in total. The van der Waals surface area contributed by atoms with Crippen LogP contribution < -0.4 is 5.32 Å². The molecule has 2 atom stereocenters. The molecule has 0 aromatic carbocycles. The molecule has 2 aliphatic heterocycles. The largest absolute Gasteiger partial charge is 0.477 e. The maximum Gasteiger partial charge on any atom is 0.353 e. The van der Waals surface area contributed by atoms with Gasteiger partial charge in [0.25, 0.3) is 5.91 Å². The lowest BCUT2D eigenvalue weighted by Crippen LogP contribution is -2.70. The van der Waals surface area contributed by atoms with E-state index in [1.54, 1.807) is 0 Å². The molecule has 8 nitrogen and oxygen atoms in total. The number of nitrogens with one attached hydrogen (secondary N) is 1. The Morgan fingerprint density at radius 1 is 1.44 bits per heavy atom. The zero-order valence-corrected chi connectivity index (χ0v) is 14.7. The molecule has 0 aliphatic carbocycles. The van der Waals surface area contributed by atoms with Crippen molar-refractivity contribution >= 4 is 46.9 Å². The first-order valence-electron chi connectivity index (χ1n) is 7.25. The molecule has 3 rings (SSSR count). The highest BCUT2D eigenvalue weighted by Crippen LogP contribution is 2.40. The van der Waals surface area contributed by atoms with Crippen molar-refractivity contribution in [2.75, 3.05) is 12.9 Å². The average molecular weight is 382 g/mol. The van der Waals surface area contributed by atoms with Crippen molar-refractivity contribution in [3.63, 3.8) is 0 Å². The Morgan fingerprint density at radius 2 is 2.20 bits per heavy atom. The SMILES string of the molecule is COC(=O)C1=C(C(=O)O)N2C(=O)C(NC(=O)Cc3cccs3)[C@H]2SC1. The van der Waals surface area contributed by atoms with Crippen molar-refractivity contribution in [2.24, 2.45) is 0 Å². The lowest BCUT2D eigenvalue weighted by molar-refractivity contribution is -0.151. The smallest absolute Gasteiger partial charge is 0.353 e. The Morgan fingerprint density at radius 3 is 2.80 bits per heavy atom. The van der Waals surface area contributed by atoms with E-state index >= 15 is 0 Å². The number of esters is 1. The van der Waals surface area contributed by atoms with Gasteiger partial charge >= 0.3 is 11.9 Å². The number of thiophene rings is 1. The van der Waals surface area contributed by atoms with Gasteiger partial charge in [-0.05, 0) is 11.4 Å². The van der Waals surface area contributed by atoms with Gasteiger partial charge in [-0.3, -0.25) is 14.5 Å². The van der Waals surface area contributed by atoms with E-state index in [0.717, 1.165) is 16.9 Å². The maximum absolute atomic E-state index is 12.4. The number of carboxylic acids is 1. The van der Waals surface area contributed by atoms with Crippen LogP contribution in [-0.2, 0) is 30.3 Å². The molecule has 25 heavy (non-hydrogen) atoms. The van der Waals surface area contributed by atoms with Gasteiger partial charge in [0.2, 0.25) is 5.91 Å². The minimum Gasteiger partial charge on any atom is -0.477 e. The molecule has 10 heteroatoms. The maximum atomic E-state index is 12.4. The van der Waals surface area contributed by atoms with Crippen molar-refractivity contribution in [3.8, 4) is 0 Å². The number of carbonyl (C=O) groups is 4. The van der Waals surface area contributed by atoms with Crippen molar-refractivity contribution in [1.82, 2.24) is 10.2 Å². The second-order valence-electron chi connectivity index (χ2n) is 5.34. The third-order valence-electron chi connectivity index (χ3n) is 3.83. The molecule has 1 aromatic heterocycles. The summed E-state index contributed by atoms with van der Waals surface area (Å²) < 4.78 is 4.58. The van der Waals surface area contributed by atoms with Gasteiger partial charge in [-0.15, -0.1) is 23.1 Å². The van der Waals surface area contributed by atoms with E-state index < -0.39 is 29.3 Å². The van der Waals surface area contributed by atoms with Gasteiger partial charge in [-0.1, -0.05) is 6.07 Å².